The maximum Gasteiger partial charge on any atom is 0.416 e. The van der Waals surface area contributed by atoms with Gasteiger partial charge in [-0.2, -0.15) is 13.2 Å². The van der Waals surface area contributed by atoms with Crippen LogP contribution in [-0.4, -0.2) is 66.6 Å². The predicted molar refractivity (Wildman–Crippen MR) is 153 cm³/mol. The number of carbonyl (C=O) groups is 4. The van der Waals surface area contributed by atoms with Crippen molar-refractivity contribution in [3.8, 4) is 17.6 Å². The standard InChI is InChI=1S/C32H39F3O10/c1-6-31(40,19-42-24-12-9-10-23(16-24)32(33,34)35)15-14-26-27(29(45-22(4)38)18-28(26)44-21(3)37)17-25(43-20(2)36)11-7-8-13-30(39)41-5/h9-10,12,14-16,25-29,40H,6,8,13,17-19H2,1-5H3/t25?,26-,27-,28-,29+,31?/m1/s1. The number of carbonyl (C=O) groups excluding carboxylic acids is 4. The molecule has 13 heteroatoms. The van der Waals surface area contributed by atoms with Gasteiger partial charge in [-0.25, -0.2) is 0 Å². The first kappa shape index (κ1) is 37.1. The zero-order valence-corrected chi connectivity index (χ0v) is 25.8. The monoisotopic (exact) mass is 640 g/mol. The van der Waals surface area contributed by atoms with Crippen molar-refractivity contribution < 1.29 is 61.1 Å². The van der Waals surface area contributed by atoms with Crippen LogP contribution >= 0.6 is 0 Å². The van der Waals surface area contributed by atoms with Crippen molar-refractivity contribution in [3.63, 3.8) is 0 Å². The lowest BCUT2D eigenvalue weighted by molar-refractivity contribution is -0.151. The molecule has 0 amide bonds. The van der Waals surface area contributed by atoms with Crippen LogP contribution in [0, 0.1) is 23.7 Å². The van der Waals surface area contributed by atoms with E-state index in [1.54, 1.807) is 13.0 Å². The molecule has 2 unspecified atom stereocenters. The van der Waals surface area contributed by atoms with Crippen LogP contribution in [0.4, 0.5) is 13.2 Å². The van der Waals surface area contributed by atoms with Gasteiger partial charge in [-0.1, -0.05) is 37.0 Å². The number of rotatable bonds is 13. The molecule has 6 atom stereocenters. The molecule has 0 saturated heterocycles. The molecule has 2 rings (SSSR count). The van der Waals surface area contributed by atoms with Gasteiger partial charge in [-0.3, -0.25) is 19.2 Å². The molecule has 248 valence electrons. The molecular weight excluding hydrogens is 601 g/mol. The van der Waals surface area contributed by atoms with E-state index in [0.717, 1.165) is 12.1 Å². The first-order valence-electron chi connectivity index (χ1n) is 14.4. The van der Waals surface area contributed by atoms with Gasteiger partial charge in [0.15, 0.2) is 6.10 Å². The second-order valence-corrected chi connectivity index (χ2v) is 10.6. The quantitative estimate of drug-likeness (QED) is 0.142. The molecule has 1 fully saturated rings. The van der Waals surface area contributed by atoms with Crippen LogP contribution < -0.4 is 4.74 Å². The van der Waals surface area contributed by atoms with Gasteiger partial charge in [0.05, 0.1) is 19.1 Å². The van der Waals surface area contributed by atoms with E-state index in [1.807, 2.05) is 0 Å². The molecule has 0 heterocycles. The van der Waals surface area contributed by atoms with Crippen LogP contribution in [0.25, 0.3) is 0 Å². The highest BCUT2D eigenvalue weighted by Crippen LogP contribution is 2.41. The Morgan fingerprint density at radius 2 is 1.73 bits per heavy atom. The van der Waals surface area contributed by atoms with Gasteiger partial charge in [-0.15, -0.1) is 0 Å². The van der Waals surface area contributed by atoms with E-state index < -0.39 is 78.0 Å². The molecular formula is C32H39F3O10. The summed E-state index contributed by atoms with van der Waals surface area (Å²) in [5, 5.41) is 11.3. The summed E-state index contributed by atoms with van der Waals surface area (Å²) in [6.45, 7) is 4.89. The van der Waals surface area contributed by atoms with Gasteiger partial charge in [0.25, 0.3) is 0 Å². The van der Waals surface area contributed by atoms with Crippen molar-refractivity contribution in [1.29, 1.82) is 0 Å². The van der Waals surface area contributed by atoms with Gasteiger partial charge in [-0.05, 0) is 24.6 Å². The first-order chi connectivity index (χ1) is 21.1. The highest BCUT2D eigenvalue weighted by Gasteiger charge is 2.47. The van der Waals surface area contributed by atoms with Crippen LogP contribution in [0.5, 0.6) is 5.75 Å². The third-order valence-corrected chi connectivity index (χ3v) is 7.13. The number of methoxy groups -OCH3 is 1. The van der Waals surface area contributed by atoms with Crippen molar-refractivity contribution >= 4 is 23.9 Å². The Hall–Kier alpha value is -4.05. The SMILES string of the molecule is CCC(O)(C=C[C@@H]1[C@@H](CC(C#CCCC(=O)OC)OC(C)=O)[C@@H](OC(C)=O)C[C@H]1OC(C)=O)COc1cccc(C(F)(F)F)c1. The third kappa shape index (κ3) is 12.5. The van der Waals surface area contributed by atoms with E-state index in [9.17, 15) is 37.5 Å². The molecule has 0 aromatic heterocycles. The molecule has 0 aliphatic heterocycles. The Bertz CT molecular complexity index is 1280. The molecule has 1 N–H and O–H groups in total. The van der Waals surface area contributed by atoms with Gasteiger partial charge in [0.2, 0.25) is 0 Å². The van der Waals surface area contributed by atoms with Crippen molar-refractivity contribution in [2.45, 2.75) is 89.9 Å². The fourth-order valence-corrected chi connectivity index (χ4v) is 4.91. The molecule has 1 aromatic rings. The van der Waals surface area contributed by atoms with Crippen molar-refractivity contribution in [2.75, 3.05) is 13.7 Å². The minimum Gasteiger partial charge on any atom is -0.490 e. The number of hydrogen-bond donors (Lipinski definition) is 1. The van der Waals surface area contributed by atoms with E-state index in [2.05, 4.69) is 16.6 Å². The smallest absolute Gasteiger partial charge is 0.416 e. The maximum absolute atomic E-state index is 13.1. The molecule has 10 nitrogen and oxygen atoms in total. The predicted octanol–water partition coefficient (Wildman–Crippen LogP) is 4.56. The minimum absolute atomic E-state index is 0.0217. The van der Waals surface area contributed by atoms with Gasteiger partial charge < -0.3 is 28.8 Å². The highest BCUT2D eigenvalue weighted by molar-refractivity contribution is 5.69. The zero-order valence-electron chi connectivity index (χ0n) is 25.8. The fourth-order valence-electron chi connectivity index (χ4n) is 4.91. The number of aliphatic hydroxyl groups is 1. The number of hydrogen-bond acceptors (Lipinski definition) is 10. The fraction of sp³-hybridized carbons (Fsp3) is 0.562. The Morgan fingerprint density at radius 3 is 2.31 bits per heavy atom. The van der Waals surface area contributed by atoms with Crippen LogP contribution in [0.1, 0.15) is 65.4 Å². The number of esters is 4. The summed E-state index contributed by atoms with van der Waals surface area (Å²) in [4.78, 5) is 47.3. The number of alkyl halides is 3. The average molecular weight is 641 g/mol. The summed E-state index contributed by atoms with van der Waals surface area (Å²) < 4.78 is 66.0. The molecule has 1 aromatic carbocycles. The number of benzene rings is 1. The lowest BCUT2D eigenvalue weighted by Crippen LogP contribution is -2.34. The highest BCUT2D eigenvalue weighted by atomic mass is 19.4. The second kappa shape index (κ2) is 16.9. The Labute approximate surface area is 260 Å². The second-order valence-electron chi connectivity index (χ2n) is 10.6. The lowest BCUT2D eigenvalue weighted by Gasteiger charge is -2.28. The lowest BCUT2D eigenvalue weighted by atomic mass is 9.86. The number of ether oxygens (including phenoxy) is 5. The molecule has 0 bridgehead atoms. The van der Waals surface area contributed by atoms with E-state index in [-0.39, 0.29) is 37.9 Å². The third-order valence-electron chi connectivity index (χ3n) is 7.13. The summed E-state index contributed by atoms with van der Waals surface area (Å²) in [6.07, 6.45) is -3.74. The molecule has 1 saturated carbocycles. The zero-order chi connectivity index (χ0) is 33.8. The molecule has 1 aliphatic carbocycles. The van der Waals surface area contributed by atoms with E-state index in [1.165, 1.54) is 46.1 Å². The molecule has 0 radical (unpaired) electrons. The van der Waals surface area contributed by atoms with Crippen LogP contribution in [0.15, 0.2) is 36.4 Å². The minimum atomic E-state index is -4.57. The van der Waals surface area contributed by atoms with Crippen molar-refractivity contribution in [3.05, 3.63) is 42.0 Å². The van der Waals surface area contributed by atoms with Crippen molar-refractivity contribution in [2.24, 2.45) is 11.8 Å². The normalized spacial score (nSPS) is 21.5. The van der Waals surface area contributed by atoms with Crippen LogP contribution in [-0.2, 0) is 44.3 Å². The van der Waals surface area contributed by atoms with Crippen molar-refractivity contribution in [1.82, 2.24) is 0 Å². The molecule has 45 heavy (non-hydrogen) atoms. The summed E-state index contributed by atoms with van der Waals surface area (Å²) in [6, 6.07) is 4.26. The Balaban J connectivity index is 2.39. The molecule has 1 aliphatic rings. The summed E-state index contributed by atoms with van der Waals surface area (Å²) >= 11 is 0. The summed E-state index contributed by atoms with van der Waals surface area (Å²) in [7, 11) is 1.25. The Kier molecular flexibility index (Phi) is 13.9. The van der Waals surface area contributed by atoms with Gasteiger partial charge >= 0.3 is 30.1 Å². The van der Waals surface area contributed by atoms with E-state index >= 15 is 0 Å². The maximum atomic E-state index is 13.1. The average Bonchev–Trinajstić information content (AvgIpc) is 3.25. The summed E-state index contributed by atoms with van der Waals surface area (Å²) in [5.41, 5.74) is -2.55. The topological polar surface area (TPSA) is 135 Å². The Morgan fingerprint density at radius 1 is 1.07 bits per heavy atom. The number of halogens is 3. The largest absolute Gasteiger partial charge is 0.490 e. The van der Waals surface area contributed by atoms with Crippen LogP contribution in [0.3, 0.4) is 0 Å². The first-order valence-corrected chi connectivity index (χ1v) is 14.4. The van der Waals surface area contributed by atoms with Gasteiger partial charge in [0, 0.05) is 51.9 Å². The van der Waals surface area contributed by atoms with E-state index in [4.69, 9.17) is 18.9 Å². The van der Waals surface area contributed by atoms with E-state index in [0.29, 0.717) is 0 Å². The van der Waals surface area contributed by atoms with Gasteiger partial charge in [0.1, 0.15) is 30.2 Å². The summed E-state index contributed by atoms with van der Waals surface area (Å²) in [5.74, 6) is 1.96. The van der Waals surface area contributed by atoms with Crippen LogP contribution in [0.2, 0.25) is 0 Å². The molecule has 0 spiro atoms.